The zero-order valence-electron chi connectivity index (χ0n) is 12.7. The monoisotopic (exact) mass is 347 g/mol. The van der Waals surface area contributed by atoms with Crippen molar-refractivity contribution in [2.45, 2.75) is 42.7 Å². The van der Waals surface area contributed by atoms with E-state index in [0.29, 0.717) is 23.9 Å². The van der Waals surface area contributed by atoms with Gasteiger partial charge in [0.2, 0.25) is 10.0 Å². The number of alkyl halides is 1. The zero-order chi connectivity index (χ0) is 15.7. The van der Waals surface area contributed by atoms with Crippen molar-refractivity contribution in [1.29, 1.82) is 0 Å². The van der Waals surface area contributed by atoms with Crippen LogP contribution in [0.2, 0.25) is 0 Å². The summed E-state index contributed by atoms with van der Waals surface area (Å²) in [7, 11) is -3.44. The molecule has 118 valence electrons. The Balaban J connectivity index is 2.33. The maximum Gasteiger partial charge on any atom is 0.243 e. The lowest BCUT2D eigenvalue weighted by Crippen LogP contribution is -2.34. The summed E-state index contributed by atoms with van der Waals surface area (Å²) in [6, 6.07) is 5.42. The molecule has 2 rings (SSSR count). The number of nitrogens with zero attached hydrogens (tertiary/aromatic N) is 1. The second kappa shape index (κ2) is 6.49. The van der Waals surface area contributed by atoms with Crippen LogP contribution in [0.5, 0.6) is 0 Å². The van der Waals surface area contributed by atoms with Gasteiger partial charge in [0.25, 0.3) is 0 Å². The van der Waals surface area contributed by atoms with Crippen LogP contribution in [0.1, 0.15) is 31.4 Å². The van der Waals surface area contributed by atoms with E-state index in [2.05, 4.69) is 13.8 Å². The number of benzene rings is 1. The summed E-state index contributed by atoms with van der Waals surface area (Å²) >= 11 is 7.68. The van der Waals surface area contributed by atoms with Gasteiger partial charge in [0, 0.05) is 29.5 Å². The molecule has 1 fully saturated rings. The van der Waals surface area contributed by atoms with E-state index in [0.717, 1.165) is 23.3 Å². The van der Waals surface area contributed by atoms with Gasteiger partial charge in [0.1, 0.15) is 0 Å². The summed E-state index contributed by atoms with van der Waals surface area (Å²) in [6.07, 6.45) is 0.866. The van der Waals surface area contributed by atoms with Crippen molar-refractivity contribution in [3.05, 3.63) is 29.3 Å². The van der Waals surface area contributed by atoms with E-state index in [4.69, 9.17) is 11.6 Å². The molecule has 0 bridgehead atoms. The summed E-state index contributed by atoms with van der Waals surface area (Å²) < 4.78 is 27.6. The minimum Gasteiger partial charge on any atom is -0.207 e. The van der Waals surface area contributed by atoms with Gasteiger partial charge in [-0.25, -0.2) is 8.42 Å². The fraction of sp³-hybridized carbons (Fsp3) is 0.600. The van der Waals surface area contributed by atoms with Crippen molar-refractivity contribution in [3.63, 3.8) is 0 Å². The van der Waals surface area contributed by atoms with E-state index < -0.39 is 10.0 Å². The summed E-state index contributed by atoms with van der Waals surface area (Å²) in [4.78, 5) is 0.394. The Morgan fingerprint density at radius 3 is 2.71 bits per heavy atom. The minimum absolute atomic E-state index is 0.136. The van der Waals surface area contributed by atoms with Crippen LogP contribution in [0.15, 0.2) is 23.1 Å². The van der Waals surface area contributed by atoms with Crippen molar-refractivity contribution < 1.29 is 8.42 Å². The van der Waals surface area contributed by atoms with Crippen LogP contribution in [0.25, 0.3) is 0 Å². The SMILES string of the molecule is Cc1ccc(CCl)cc1S(=O)(=O)N1CCSC(C)(C)CC1. The molecule has 21 heavy (non-hydrogen) atoms. The van der Waals surface area contributed by atoms with Gasteiger partial charge < -0.3 is 0 Å². The first-order valence-corrected chi connectivity index (χ1v) is 10.0. The first-order valence-electron chi connectivity index (χ1n) is 7.06. The number of halogens is 1. The smallest absolute Gasteiger partial charge is 0.207 e. The molecule has 0 spiro atoms. The lowest BCUT2D eigenvalue weighted by molar-refractivity contribution is 0.415. The molecule has 0 aliphatic carbocycles. The Morgan fingerprint density at radius 2 is 2.05 bits per heavy atom. The Bertz CT molecular complexity index is 614. The second-order valence-electron chi connectivity index (χ2n) is 6.00. The number of hydrogen-bond donors (Lipinski definition) is 0. The average molecular weight is 348 g/mol. The molecule has 1 aliphatic heterocycles. The number of aryl methyl sites for hydroxylation is 1. The lowest BCUT2D eigenvalue weighted by atomic mass is 10.1. The van der Waals surface area contributed by atoms with E-state index in [9.17, 15) is 8.42 Å². The van der Waals surface area contributed by atoms with Gasteiger partial charge in [-0.1, -0.05) is 26.0 Å². The Labute approximate surface area is 137 Å². The Kier molecular flexibility index (Phi) is 5.29. The van der Waals surface area contributed by atoms with Gasteiger partial charge in [-0.05, 0) is 30.5 Å². The average Bonchev–Trinajstić information content (AvgIpc) is 2.60. The number of thioether (sulfide) groups is 1. The van der Waals surface area contributed by atoms with Crippen LogP contribution < -0.4 is 0 Å². The van der Waals surface area contributed by atoms with E-state index in [-0.39, 0.29) is 4.75 Å². The normalized spacial score (nSPS) is 20.2. The molecule has 6 heteroatoms. The van der Waals surface area contributed by atoms with Gasteiger partial charge in [-0.15, -0.1) is 11.6 Å². The highest BCUT2D eigenvalue weighted by molar-refractivity contribution is 8.00. The van der Waals surface area contributed by atoms with Crippen LogP contribution in [0.4, 0.5) is 0 Å². The molecule has 0 saturated carbocycles. The van der Waals surface area contributed by atoms with Gasteiger partial charge in [-0.2, -0.15) is 16.1 Å². The second-order valence-corrected chi connectivity index (χ2v) is 9.97. The van der Waals surface area contributed by atoms with Gasteiger partial charge in [-0.3, -0.25) is 0 Å². The van der Waals surface area contributed by atoms with Crippen molar-refractivity contribution in [1.82, 2.24) is 4.31 Å². The standard InChI is InChI=1S/C15H22ClNO2S2/c1-12-4-5-13(11-16)10-14(12)21(18,19)17-7-6-15(2,3)20-9-8-17/h4-5,10H,6-9,11H2,1-3H3. The third-order valence-corrected chi connectivity index (χ3v) is 7.54. The molecule has 0 radical (unpaired) electrons. The van der Waals surface area contributed by atoms with Crippen LogP contribution >= 0.6 is 23.4 Å². The molecule has 0 amide bonds. The van der Waals surface area contributed by atoms with Gasteiger partial charge in [0.05, 0.1) is 4.90 Å². The number of rotatable bonds is 3. The molecule has 0 N–H and O–H groups in total. The van der Waals surface area contributed by atoms with Crippen LogP contribution in [-0.4, -0.2) is 36.3 Å². The van der Waals surface area contributed by atoms with Crippen LogP contribution in [0.3, 0.4) is 0 Å². The van der Waals surface area contributed by atoms with Crippen molar-refractivity contribution >= 4 is 33.4 Å². The summed E-state index contributed by atoms with van der Waals surface area (Å²) in [5, 5.41) is 0. The van der Waals surface area contributed by atoms with Gasteiger partial charge >= 0.3 is 0 Å². The first-order chi connectivity index (χ1) is 9.76. The largest absolute Gasteiger partial charge is 0.243 e. The highest BCUT2D eigenvalue weighted by Crippen LogP contribution is 2.33. The maximum atomic E-state index is 12.9. The summed E-state index contributed by atoms with van der Waals surface area (Å²) in [6.45, 7) is 7.33. The molecule has 0 unspecified atom stereocenters. The molecule has 0 aromatic heterocycles. The predicted octanol–water partition coefficient (Wildman–Crippen LogP) is 3.64. The van der Waals surface area contributed by atoms with Gasteiger partial charge in [0.15, 0.2) is 0 Å². The first kappa shape index (κ1) is 17.1. The molecular weight excluding hydrogens is 326 g/mol. The molecule has 1 aromatic carbocycles. The quantitative estimate of drug-likeness (QED) is 0.783. The minimum atomic E-state index is -3.44. The van der Waals surface area contributed by atoms with E-state index in [1.165, 1.54) is 0 Å². The van der Waals surface area contributed by atoms with Crippen molar-refractivity contribution in [2.24, 2.45) is 0 Å². The summed E-state index contributed by atoms with van der Waals surface area (Å²) in [5.41, 5.74) is 1.62. The van der Waals surface area contributed by atoms with Crippen LogP contribution in [0, 0.1) is 6.92 Å². The predicted molar refractivity (Wildman–Crippen MR) is 90.6 cm³/mol. The highest BCUT2D eigenvalue weighted by Gasteiger charge is 2.31. The lowest BCUT2D eigenvalue weighted by Gasteiger charge is -2.23. The Hall–Kier alpha value is -0.230. The van der Waals surface area contributed by atoms with Crippen molar-refractivity contribution in [2.75, 3.05) is 18.8 Å². The van der Waals surface area contributed by atoms with Crippen LogP contribution in [-0.2, 0) is 15.9 Å². The molecule has 1 aromatic rings. The molecule has 3 nitrogen and oxygen atoms in total. The third kappa shape index (κ3) is 3.95. The molecule has 1 heterocycles. The molecular formula is C15H22ClNO2S2. The fourth-order valence-corrected chi connectivity index (χ4v) is 5.49. The third-order valence-electron chi connectivity index (χ3n) is 3.82. The highest BCUT2D eigenvalue weighted by atomic mass is 35.5. The fourth-order valence-electron chi connectivity index (χ4n) is 2.39. The Morgan fingerprint density at radius 1 is 1.33 bits per heavy atom. The number of hydrogen-bond acceptors (Lipinski definition) is 3. The maximum absolute atomic E-state index is 12.9. The summed E-state index contributed by atoms with van der Waals surface area (Å²) in [5.74, 6) is 1.16. The zero-order valence-corrected chi connectivity index (χ0v) is 15.1. The topological polar surface area (TPSA) is 37.4 Å². The molecule has 0 atom stereocenters. The molecule has 1 saturated heterocycles. The molecule has 1 aliphatic rings. The number of sulfonamides is 1. The van der Waals surface area contributed by atoms with Crippen molar-refractivity contribution in [3.8, 4) is 0 Å². The van der Waals surface area contributed by atoms with E-state index in [1.807, 2.05) is 30.8 Å². The van der Waals surface area contributed by atoms with E-state index in [1.54, 1.807) is 10.4 Å². The van der Waals surface area contributed by atoms with E-state index >= 15 is 0 Å².